The molecule has 16 heavy (non-hydrogen) atoms. The first kappa shape index (κ1) is 11.5. The van der Waals surface area contributed by atoms with Gasteiger partial charge >= 0.3 is 0 Å². The highest BCUT2D eigenvalue weighted by atomic mass is 15.1. The number of nitrogens with two attached hydrogens (primary N) is 1. The van der Waals surface area contributed by atoms with Crippen LogP contribution < -0.4 is 10.6 Å². The molecule has 2 rings (SSSR count). The van der Waals surface area contributed by atoms with Gasteiger partial charge in [-0.25, -0.2) is 0 Å². The predicted octanol–water partition coefficient (Wildman–Crippen LogP) is 2.36. The molecule has 88 valence electrons. The fraction of sp³-hybridized carbons (Fsp3) is 0.571. The normalized spacial score (nSPS) is 17.3. The minimum atomic E-state index is 0.276. The first-order chi connectivity index (χ1) is 7.50. The Labute approximate surface area is 98.4 Å². The molecule has 0 bridgehead atoms. The lowest BCUT2D eigenvalue weighted by molar-refractivity contribution is 0.702. The summed E-state index contributed by atoms with van der Waals surface area (Å²) < 4.78 is 0. The van der Waals surface area contributed by atoms with Gasteiger partial charge in [0, 0.05) is 31.7 Å². The summed E-state index contributed by atoms with van der Waals surface area (Å²) in [7, 11) is 4.22. The third-order valence-electron chi connectivity index (χ3n) is 3.91. The molecule has 1 aromatic rings. The summed E-state index contributed by atoms with van der Waals surface area (Å²) in [4.78, 5) is 2.21. The molecule has 1 aliphatic rings. The molecule has 2 heteroatoms. The minimum Gasteiger partial charge on any atom is -0.377 e. The van der Waals surface area contributed by atoms with Crippen molar-refractivity contribution < 1.29 is 0 Å². The van der Waals surface area contributed by atoms with Gasteiger partial charge in [0.1, 0.15) is 0 Å². The van der Waals surface area contributed by atoms with E-state index in [9.17, 15) is 0 Å². The molecular formula is C14H22N2. The van der Waals surface area contributed by atoms with Crippen LogP contribution in [0.4, 0.5) is 5.69 Å². The van der Waals surface area contributed by atoms with Crippen LogP contribution in [0.3, 0.4) is 0 Å². The van der Waals surface area contributed by atoms with E-state index in [4.69, 9.17) is 5.73 Å². The first-order valence-electron chi connectivity index (χ1n) is 5.99. The molecule has 2 N–H and O–H groups in total. The monoisotopic (exact) mass is 218 g/mol. The van der Waals surface area contributed by atoms with Crippen molar-refractivity contribution in [2.45, 2.75) is 32.1 Å². The fourth-order valence-corrected chi connectivity index (χ4v) is 2.33. The van der Waals surface area contributed by atoms with Gasteiger partial charge in [0.25, 0.3) is 0 Å². The van der Waals surface area contributed by atoms with Gasteiger partial charge in [-0.3, -0.25) is 0 Å². The maximum absolute atomic E-state index is 5.94. The summed E-state index contributed by atoms with van der Waals surface area (Å²) in [6.07, 6.45) is 2.49. The fourth-order valence-electron chi connectivity index (χ4n) is 2.33. The van der Waals surface area contributed by atoms with Crippen LogP contribution >= 0.6 is 0 Å². The third-order valence-corrected chi connectivity index (χ3v) is 3.91. The number of hydrogen-bond acceptors (Lipinski definition) is 2. The Bertz CT molecular complexity index is 403. The van der Waals surface area contributed by atoms with E-state index in [0.717, 1.165) is 6.54 Å². The molecule has 2 nitrogen and oxygen atoms in total. The van der Waals surface area contributed by atoms with E-state index < -0.39 is 0 Å². The molecule has 0 radical (unpaired) electrons. The van der Waals surface area contributed by atoms with Crippen molar-refractivity contribution in [1.29, 1.82) is 0 Å². The van der Waals surface area contributed by atoms with Crippen molar-refractivity contribution in [1.82, 2.24) is 0 Å². The lowest BCUT2D eigenvalue weighted by atomic mass is 9.90. The van der Waals surface area contributed by atoms with Crippen molar-refractivity contribution >= 4 is 5.69 Å². The van der Waals surface area contributed by atoms with Gasteiger partial charge in [-0.2, -0.15) is 0 Å². The average molecular weight is 218 g/mol. The summed E-state index contributed by atoms with van der Waals surface area (Å²) >= 11 is 0. The quantitative estimate of drug-likeness (QED) is 0.844. The van der Waals surface area contributed by atoms with Gasteiger partial charge in [-0.15, -0.1) is 0 Å². The molecule has 0 amide bonds. The van der Waals surface area contributed by atoms with Crippen LogP contribution in [0.15, 0.2) is 12.1 Å². The van der Waals surface area contributed by atoms with Crippen molar-refractivity contribution in [3.63, 3.8) is 0 Å². The summed E-state index contributed by atoms with van der Waals surface area (Å²) in [6.45, 7) is 5.13. The Hall–Kier alpha value is -1.02. The highest BCUT2D eigenvalue weighted by Crippen LogP contribution is 2.50. The molecule has 1 fully saturated rings. The maximum Gasteiger partial charge on any atom is 0.0402 e. The molecule has 0 spiro atoms. The molecule has 0 heterocycles. The second-order valence-corrected chi connectivity index (χ2v) is 5.33. The van der Waals surface area contributed by atoms with Gasteiger partial charge < -0.3 is 10.6 Å². The Morgan fingerprint density at radius 3 is 2.19 bits per heavy atom. The Kier molecular flexibility index (Phi) is 2.70. The second kappa shape index (κ2) is 3.77. The van der Waals surface area contributed by atoms with Crippen molar-refractivity contribution in [2.24, 2.45) is 5.73 Å². The van der Waals surface area contributed by atoms with E-state index >= 15 is 0 Å². The Balaban J connectivity index is 2.54. The van der Waals surface area contributed by atoms with Crippen molar-refractivity contribution in [2.75, 3.05) is 25.5 Å². The Morgan fingerprint density at radius 1 is 1.19 bits per heavy atom. The summed E-state index contributed by atoms with van der Waals surface area (Å²) in [6, 6.07) is 4.63. The number of hydrogen-bond donors (Lipinski definition) is 1. The first-order valence-corrected chi connectivity index (χ1v) is 5.99. The van der Waals surface area contributed by atoms with Gasteiger partial charge in [-0.1, -0.05) is 6.07 Å². The summed E-state index contributed by atoms with van der Waals surface area (Å²) in [5.74, 6) is 0. The lowest BCUT2D eigenvalue weighted by Gasteiger charge is -2.24. The Morgan fingerprint density at radius 2 is 1.75 bits per heavy atom. The van der Waals surface area contributed by atoms with E-state index in [1.54, 1.807) is 0 Å². The molecule has 1 saturated carbocycles. The molecule has 0 unspecified atom stereocenters. The van der Waals surface area contributed by atoms with Gasteiger partial charge in [0.05, 0.1) is 0 Å². The van der Waals surface area contributed by atoms with Crippen molar-refractivity contribution in [3.8, 4) is 0 Å². The van der Waals surface area contributed by atoms with Crippen LogP contribution in [0.25, 0.3) is 0 Å². The topological polar surface area (TPSA) is 29.3 Å². The zero-order valence-corrected chi connectivity index (χ0v) is 10.8. The van der Waals surface area contributed by atoms with Gasteiger partial charge in [0.15, 0.2) is 0 Å². The van der Waals surface area contributed by atoms with E-state index in [-0.39, 0.29) is 5.41 Å². The lowest BCUT2D eigenvalue weighted by Crippen LogP contribution is -2.23. The minimum absolute atomic E-state index is 0.276. The van der Waals surface area contributed by atoms with Crippen LogP contribution in [-0.2, 0) is 5.41 Å². The summed E-state index contributed by atoms with van der Waals surface area (Å²) in [5, 5.41) is 0. The largest absolute Gasteiger partial charge is 0.377 e. The maximum atomic E-state index is 5.94. The van der Waals surface area contributed by atoms with Crippen molar-refractivity contribution in [3.05, 3.63) is 28.8 Å². The van der Waals surface area contributed by atoms with E-state index in [2.05, 4.69) is 45.0 Å². The molecule has 0 aromatic heterocycles. The smallest absolute Gasteiger partial charge is 0.0402 e. The summed E-state index contributed by atoms with van der Waals surface area (Å²) in [5.41, 5.74) is 11.7. The predicted molar refractivity (Wildman–Crippen MR) is 70.2 cm³/mol. The van der Waals surface area contributed by atoms with Gasteiger partial charge in [0.2, 0.25) is 0 Å². The SMILES string of the molecule is Cc1cc(N(C)C)c(C2(CN)CC2)cc1C. The van der Waals surface area contributed by atoms with Crippen LogP contribution in [0.2, 0.25) is 0 Å². The molecular weight excluding hydrogens is 196 g/mol. The molecule has 0 atom stereocenters. The zero-order valence-electron chi connectivity index (χ0n) is 10.8. The van der Waals surface area contributed by atoms with E-state index in [0.29, 0.717) is 0 Å². The van der Waals surface area contributed by atoms with Crippen LogP contribution in [0.1, 0.15) is 29.5 Å². The zero-order chi connectivity index (χ0) is 11.9. The van der Waals surface area contributed by atoms with Gasteiger partial charge in [-0.05, 0) is 49.4 Å². The number of aryl methyl sites for hydroxylation is 2. The number of anilines is 1. The second-order valence-electron chi connectivity index (χ2n) is 5.33. The number of benzene rings is 1. The van der Waals surface area contributed by atoms with E-state index in [1.165, 1.54) is 35.2 Å². The van der Waals surface area contributed by atoms with E-state index in [1.807, 2.05) is 0 Å². The molecule has 1 aliphatic carbocycles. The highest BCUT2D eigenvalue weighted by molar-refractivity contribution is 5.61. The third kappa shape index (κ3) is 1.71. The number of rotatable bonds is 3. The highest BCUT2D eigenvalue weighted by Gasteiger charge is 2.44. The van der Waals surface area contributed by atoms with Crippen LogP contribution in [0, 0.1) is 13.8 Å². The van der Waals surface area contributed by atoms with Crippen LogP contribution in [-0.4, -0.2) is 20.6 Å². The molecule has 0 saturated heterocycles. The molecule has 0 aliphatic heterocycles. The number of nitrogens with zero attached hydrogens (tertiary/aromatic N) is 1. The average Bonchev–Trinajstić information content (AvgIpc) is 3.02. The van der Waals surface area contributed by atoms with Crippen LogP contribution in [0.5, 0.6) is 0 Å². The molecule has 1 aromatic carbocycles. The standard InChI is InChI=1S/C14H22N2/c1-10-7-12(14(9-15)5-6-14)13(16(3)4)8-11(10)2/h7-8H,5-6,9,15H2,1-4H3.